The predicted molar refractivity (Wildman–Crippen MR) is 59.6 cm³/mol. The van der Waals surface area contributed by atoms with Gasteiger partial charge in [0.05, 0.1) is 6.10 Å². The number of hydrogen-bond acceptors (Lipinski definition) is 2. The first kappa shape index (κ1) is 11.1. The lowest BCUT2D eigenvalue weighted by Crippen LogP contribution is -2.10. The van der Waals surface area contributed by atoms with E-state index in [-0.39, 0.29) is 0 Å². The highest BCUT2D eigenvalue weighted by molar-refractivity contribution is 5.27. The van der Waals surface area contributed by atoms with Crippen molar-refractivity contribution in [2.45, 2.75) is 32.9 Å². The SMILES string of the molecule is CCC(C)Oc1ccc(CNC)cc1. The summed E-state index contributed by atoms with van der Waals surface area (Å²) in [4.78, 5) is 0. The van der Waals surface area contributed by atoms with E-state index in [4.69, 9.17) is 4.74 Å². The van der Waals surface area contributed by atoms with Crippen LogP contribution >= 0.6 is 0 Å². The first-order valence-corrected chi connectivity index (χ1v) is 5.16. The third-order valence-corrected chi connectivity index (χ3v) is 2.22. The summed E-state index contributed by atoms with van der Waals surface area (Å²) in [7, 11) is 1.95. The summed E-state index contributed by atoms with van der Waals surface area (Å²) >= 11 is 0. The molecule has 1 aromatic carbocycles. The third-order valence-electron chi connectivity index (χ3n) is 2.22. The second-order valence-electron chi connectivity index (χ2n) is 3.51. The molecule has 0 heterocycles. The van der Waals surface area contributed by atoms with Crippen molar-refractivity contribution in [2.75, 3.05) is 7.05 Å². The molecule has 78 valence electrons. The molecule has 0 fully saturated rings. The summed E-state index contributed by atoms with van der Waals surface area (Å²) in [6, 6.07) is 8.24. The Morgan fingerprint density at radius 3 is 2.43 bits per heavy atom. The van der Waals surface area contributed by atoms with Crippen LogP contribution in [0.4, 0.5) is 0 Å². The van der Waals surface area contributed by atoms with Gasteiger partial charge in [-0.2, -0.15) is 0 Å². The van der Waals surface area contributed by atoms with Crippen LogP contribution in [0.1, 0.15) is 25.8 Å². The molecular formula is C12H19NO. The normalized spacial score (nSPS) is 12.5. The first-order chi connectivity index (χ1) is 6.76. The lowest BCUT2D eigenvalue weighted by atomic mass is 10.2. The average Bonchev–Trinajstić information content (AvgIpc) is 2.21. The van der Waals surface area contributed by atoms with Crippen LogP contribution in [0.3, 0.4) is 0 Å². The van der Waals surface area contributed by atoms with E-state index in [1.807, 2.05) is 19.2 Å². The Morgan fingerprint density at radius 1 is 1.29 bits per heavy atom. The van der Waals surface area contributed by atoms with E-state index in [9.17, 15) is 0 Å². The Labute approximate surface area is 86.3 Å². The molecule has 0 aliphatic heterocycles. The Bertz CT molecular complexity index is 256. The number of nitrogens with one attached hydrogen (secondary N) is 1. The number of rotatable bonds is 5. The minimum absolute atomic E-state index is 0.296. The van der Waals surface area contributed by atoms with Crippen LogP contribution in [0.15, 0.2) is 24.3 Å². The van der Waals surface area contributed by atoms with Crippen LogP contribution in [-0.2, 0) is 6.54 Å². The van der Waals surface area contributed by atoms with E-state index in [0.717, 1.165) is 18.7 Å². The minimum atomic E-state index is 0.296. The van der Waals surface area contributed by atoms with E-state index >= 15 is 0 Å². The van der Waals surface area contributed by atoms with E-state index in [0.29, 0.717) is 6.10 Å². The number of hydrogen-bond donors (Lipinski definition) is 1. The maximum atomic E-state index is 5.68. The molecule has 14 heavy (non-hydrogen) atoms. The van der Waals surface area contributed by atoms with Crippen molar-refractivity contribution in [3.63, 3.8) is 0 Å². The fourth-order valence-electron chi connectivity index (χ4n) is 1.21. The van der Waals surface area contributed by atoms with E-state index in [2.05, 4.69) is 31.3 Å². The van der Waals surface area contributed by atoms with Crippen molar-refractivity contribution >= 4 is 0 Å². The van der Waals surface area contributed by atoms with E-state index < -0.39 is 0 Å². The van der Waals surface area contributed by atoms with Crippen LogP contribution in [0.2, 0.25) is 0 Å². The van der Waals surface area contributed by atoms with E-state index in [1.54, 1.807) is 0 Å². The fraction of sp³-hybridized carbons (Fsp3) is 0.500. The van der Waals surface area contributed by atoms with Gasteiger partial charge in [0.1, 0.15) is 5.75 Å². The molecule has 0 spiro atoms. The summed E-state index contributed by atoms with van der Waals surface area (Å²) in [6.07, 6.45) is 1.34. The molecule has 1 N–H and O–H groups in total. The highest BCUT2D eigenvalue weighted by Crippen LogP contribution is 2.14. The molecule has 0 aliphatic carbocycles. The molecule has 2 nitrogen and oxygen atoms in total. The van der Waals surface area contributed by atoms with Crippen molar-refractivity contribution in [3.8, 4) is 5.75 Å². The molecule has 1 aromatic rings. The largest absolute Gasteiger partial charge is 0.491 e. The van der Waals surface area contributed by atoms with Gasteiger partial charge in [-0.15, -0.1) is 0 Å². The standard InChI is InChI=1S/C12H19NO/c1-4-10(2)14-12-7-5-11(6-8-12)9-13-3/h5-8,10,13H,4,9H2,1-3H3. The van der Waals surface area contributed by atoms with Crippen LogP contribution in [0, 0.1) is 0 Å². The van der Waals surface area contributed by atoms with Gasteiger partial charge in [-0.05, 0) is 38.1 Å². The molecule has 0 amide bonds. The number of benzene rings is 1. The highest BCUT2D eigenvalue weighted by Gasteiger charge is 2.00. The monoisotopic (exact) mass is 193 g/mol. The van der Waals surface area contributed by atoms with Crippen molar-refractivity contribution in [3.05, 3.63) is 29.8 Å². The summed E-state index contributed by atoms with van der Waals surface area (Å²) in [5, 5.41) is 3.11. The minimum Gasteiger partial charge on any atom is -0.491 e. The van der Waals surface area contributed by atoms with Crippen LogP contribution in [0.5, 0.6) is 5.75 Å². The van der Waals surface area contributed by atoms with Gasteiger partial charge in [-0.3, -0.25) is 0 Å². The smallest absolute Gasteiger partial charge is 0.119 e. The molecule has 1 atom stereocenters. The Morgan fingerprint density at radius 2 is 1.93 bits per heavy atom. The zero-order valence-corrected chi connectivity index (χ0v) is 9.21. The molecule has 2 heteroatoms. The van der Waals surface area contributed by atoms with Crippen molar-refractivity contribution in [1.29, 1.82) is 0 Å². The van der Waals surface area contributed by atoms with Gasteiger partial charge in [0, 0.05) is 6.54 Å². The van der Waals surface area contributed by atoms with Gasteiger partial charge < -0.3 is 10.1 Å². The van der Waals surface area contributed by atoms with Crippen molar-refractivity contribution in [1.82, 2.24) is 5.32 Å². The van der Waals surface area contributed by atoms with Gasteiger partial charge in [0.2, 0.25) is 0 Å². The lowest BCUT2D eigenvalue weighted by molar-refractivity contribution is 0.217. The van der Waals surface area contributed by atoms with Crippen LogP contribution in [0.25, 0.3) is 0 Å². The van der Waals surface area contributed by atoms with Crippen molar-refractivity contribution in [2.24, 2.45) is 0 Å². The molecule has 0 saturated heterocycles. The summed E-state index contributed by atoms with van der Waals surface area (Å²) < 4.78 is 5.68. The average molecular weight is 193 g/mol. The Balaban J connectivity index is 2.54. The lowest BCUT2D eigenvalue weighted by Gasteiger charge is -2.12. The third kappa shape index (κ3) is 3.38. The second kappa shape index (κ2) is 5.66. The Hall–Kier alpha value is -1.02. The summed E-state index contributed by atoms with van der Waals surface area (Å²) in [6.45, 7) is 5.12. The quantitative estimate of drug-likeness (QED) is 0.776. The molecule has 0 saturated carbocycles. The highest BCUT2D eigenvalue weighted by atomic mass is 16.5. The van der Waals surface area contributed by atoms with Crippen molar-refractivity contribution < 1.29 is 4.74 Å². The van der Waals surface area contributed by atoms with Gasteiger partial charge >= 0.3 is 0 Å². The van der Waals surface area contributed by atoms with Crippen LogP contribution in [-0.4, -0.2) is 13.2 Å². The molecule has 0 radical (unpaired) electrons. The van der Waals surface area contributed by atoms with Gasteiger partial charge in [-0.25, -0.2) is 0 Å². The zero-order valence-electron chi connectivity index (χ0n) is 9.21. The first-order valence-electron chi connectivity index (χ1n) is 5.16. The molecule has 0 aromatic heterocycles. The molecule has 0 bridgehead atoms. The van der Waals surface area contributed by atoms with Gasteiger partial charge in [0.15, 0.2) is 0 Å². The predicted octanol–water partition coefficient (Wildman–Crippen LogP) is 2.58. The van der Waals surface area contributed by atoms with Gasteiger partial charge in [0.25, 0.3) is 0 Å². The number of ether oxygens (including phenoxy) is 1. The topological polar surface area (TPSA) is 21.3 Å². The fourth-order valence-corrected chi connectivity index (χ4v) is 1.21. The molecule has 0 aliphatic rings. The second-order valence-corrected chi connectivity index (χ2v) is 3.51. The maximum Gasteiger partial charge on any atom is 0.119 e. The molecule has 1 rings (SSSR count). The maximum absolute atomic E-state index is 5.68. The Kier molecular flexibility index (Phi) is 4.47. The van der Waals surface area contributed by atoms with E-state index in [1.165, 1.54) is 5.56 Å². The zero-order chi connectivity index (χ0) is 10.4. The summed E-state index contributed by atoms with van der Waals surface area (Å²) in [5.41, 5.74) is 1.28. The molecule has 1 unspecified atom stereocenters. The van der Waals surface area contributed by atoms with Gasteiger partial charge in [-0.1, -0.05) is 19.1 Å². The molecular weight excluding hydrogens is 174 g/mol. The van der Waals surface area contributed by atoms with Crippen LogP contribution < -0.4 is 10.1 Å². The summed E-state index contributed by atoms with van der Waals surface area (Å²) in [5.74, 6) is 0.958.